The summed E-state index contributed by atoms with van der Waals surface area (Å²) in [7, 11) is 0. The zero-order valence-electron chi connectivity index (χ0n) is 10.7. The van der Waals surface area contributed by atoms with Crippen LogP contribution < -0.4 is 5.73 Å². The Bertz CT molecular complexity index is 243. The largest absolute Gasteiger partial charge is 0.324 e. The first-order valence-corrected chi connectivity index (χ1v) is 5.60. The second kappa shape index (κ2) is 3.10. The summed E-state index contributed by atoms with van der Waals surface area (Å²) in [5.74, 6) is 1.06. The zero-order chi connectivity index (χ0) is 11.3. The molecule has 82 valence electrons. The van der Waals surface area contributed by atoms with Gasteiger partial charge in [0.15, 0.2) is 0 Å². The Morgan fingerprint density at radius 3 is 1.71 bits per heavy atom. The van der Waals surface area contributed by atoms with Gasteiger partial charge >= 0.3 is 0 Å². The number of nitrogens with two attached hydrogens (primary N) is 1. The molecule has 0 saturated heterocycles. The van der Waals surface area contributed by atoms with Crippen LogP contribution in [0, 0.1) is 17.3 Å². The van der Waals surface area contributed by atoms with Gasteiger partial charge in [-0.25, -0.2) is 0 Å². The Morgan fingerprint density at radius 2 is 1.29 bits per heavy atom. The van der Waals surface area contributed by atoms with Crippen LogP contribution in [0.4, 0.5) is 0 Å². The molecule has 3 unspecified atom stereocenters. The molecule has 0 spiro atoms. The smallest absolute Gasteiger partial charge is 0.0246 e. The van der Waals surface area contributed by atoms with Crippen molar-refractivity contribution in [2.45, 2.75) is 54.0 Å². The van der Waals surface area contributed by atoms with Gasteiger partial charge in [-0.2, -0.15) is 0 Å². The van der Waals surface area contributed by atoms with E-state index >= 15 is 0 Å². The van der Waals surface area contributed by atoms with Gasteiger partial charge in [-0.05, 0) is 38.0 Å². The lowest BCUT2D eigenvalue weighted by Crippen LogP contribution is -2.60. The number of hydrogen-bond donors (Lipinski definition) is 1. The maximum atomic E-state index is 6.51. The molecule has 0 aromatic heterocycles. The second-order valence-electron chi connectivity index (χ2n) is 5.81. The monoisotopic (exact) mass is 195 g/mol. The Hall–Kier alpha value is -0.300. The van der Waals surface area contributed by atoms with Crippen LogP contribution in [0.2, 0.25) is 0 Å². The summed E-state index contributed by atoms with van der Waals surface area (Å²) < 4.78 is 0. The van der Waals surface area contributed by atoms with Gasteiger partial charge in [-0.1, -0.05) is 38.8 Å². The molecule has 0 heterocycles. The summed E-state index contributed by atoms with van der Waals surface area (Å²) in [5.41, 5.74) is 9.60. The fourth-order valence-electron chi connectivity index (χ4n) is 2.70. The van der Waals surface area contributed by atoms with Crippen molar-refractivity contribution in [3.63, 3.8) is 0 Å². The fourth-order valence-corrected chi connectivity index (χ4v) is 2.70. The molecule has 1 rings (SSSR count). The first-order chi connectivity index (χ1) is 6.14. The Kier molecular flexibility index (Phi) is 2.60. The van der Waals surface area contributed by atoms with E-state index in [1.165, 1.54) is 11.1 Å². The van der Waals surface area contributed by atoms with Crippen LogP contribution in [-0.4, -0.2) is 5.54 Å². The van der Waals surface area contributed by atoms with Gasteiger partial charge < -0.3 is 5.73 Å². The summed E-state index contributed by atoms with van der Waals surface area (Å²) in [5, 5.41) is 0. The average molecular weight is 195 g/mol. The Labute approximate surface area is 88.8 Å². The van der Waals surface area contributed by atoms with E-state index in [0.29, 0.717) is 11.8 Å². The molecule has 14 heavy (non-hydrogen) atoms. The summed E-state index contributed by atoms with van der Waals surface area (Å²) >= 11 is 0. The molecule has 0 amide bonds. The van der Waals surface area contributed by atoms with E-state index in [2.05, 4.69) is 48.5 Å². The molecule has 0 aromatic rings. The van der Waals surface area contributed by atoms with Crippen molar-refractivity contribution in [3.05, 3.63) is 11.1 Å². The van der Waals surface area contributed by atoms with E-state index in [9.17, 15) is 0 Å². The first-order valence-electron chi connectivity index (χ1n) is 5.60. The zero-order valence-corrected chi connectivity index (χ0v) is 10.7. The van der Waals surface area contributed by atoms with Crippen molar-refractivity contribution in [3.8, 4) is 0 Å². The Balaban J connectivity index is 3.31. The fraction of sp³-hybridized carbons (Fsp3) is 0.846. The molecule has 0 bridgehead atoms. The predicted octanol–water partition coefficient (Wildman–Crippen LogP) is 3.35. The third-order valence-electron chi connectivity index (χ3n) is 5.29. The summed E-state index contributed by atoms with van der Waals surface area (Å²) in [6.07, 6.45) is 0. The van der Waals surface area contributed by atoms with Crippen LogP contribution in [-0.2, 0) is 0 Å². The molecule has 1 nitrogen and oxygen atoms in total. The highest BCUT2D eigenvalue weighted by molar-refractivity contribution is 5.28. The van der Waals surface area contributed by atoms with Crippen molar-refractivity contribution >= 4 is 0 Å². The van der Waals surface area contributed by atoms with Crippen LogP contribution in [0.25, 0.3) is 0 Å². The first kappa shape index (κ1) is 11.8. The van der Waals surface area contributed by atoms with E-state index < -0.39 is 0 Å². The van der Waals surface area contributed by atoms with E-state index in [4.69, 9.17) is 5.73 Å². The summed E-state index contributed by atoms with van der Waals surface area (Å²) in [6, 6.07) is 0. The van der Waals surface area contributed by atoms with Gasteiger partial charge in [0.1, 0.15) is 0 Å². The van der Waals surface area contributed by atoms with Crippen molar-refractivity contribution in [2.24, 2.45) is 23.0 Å². The molecule has 0 saturated carbocycles. The molecular formula is C13H25N. The van der Waals surface area contributed by atoms with Crippen LogP contribution in [0.1, 0.15) is 48.5 Å². The number of allylic oxidation sites excluding steroid dienone is 1. The molecule has 2 N–H and O–H groups in total. The molecule has 1 aliphatic rings. The minimum atomic E-state index is -0.101. The van der Waals surface area contributed by atoms with Crippen LogP contribution in [0.15, 0.2) is 11.1 Å². The third kappa shape index (κ3) is 1.25. The highest BCUT2D eigenvalue weighted by Crippen LogP contribution is 2.50. The molecule has 1 aliphatic carbocycles. The topological polar surface area (TPSA) is 26.0 Å². The second-order valence-corrected chi connectivity index (χ2v) is 5.81. The van der Waals surface area contributed by atoms with Crippen molar-refractivity contribution in [1.82, 2.24) is 0 Å². The summed E-state index contributed by atoms with van der Waals surface area (Å²) in [4.78, 5) is 0. The minimum Gasteiger partial charge on any atom is -0.324 e. The Morgan fingerprint density at radius 1 is 0.929 bits per heavy atom. The van der Waals surface area contributed by atoms with E-state index in [1.54, 1.807) is 0 Å². The molecule has 3 atom stereocenters. The van der Waals surface area contributed by atoms with Gasteiger partial charge in [0.05, 0.1) is 0 Å². The average Bonchev–Trinajstić information content (AvgIpc) is 2.10. The predicted molar refractivity (Wildman–Crippen MR) is 63.1 cm³/mol. The highest BCUT2D eigenvalue weighted by Gasteiger charge is 2.49. The lowest BCUT2D eigenvalue weighted by atomic mass is 9.54. The van der Waals surface area contributed by atoms with Gasteiger partial charge in [-0.15, -0.1) is 0 Å². The van der Waals surface area contributed by atoms with E-state index in [1.807, 2.05) is 0 Å². The van der Waals surface area contributed by atoms with Gasteiger partial charge in [0.2, 0.25) is 0 Å². The standard InChI is InChI=1S/C13H25N/c1-8-9(2)11(4)13(7,14)12(5,6)10(8)3/h10-11H,14H2,1-7H3. The van der Waals surface area contributed by atoms with Crippen LogP contribution in [0.3, 0.4) is 0 Å². The van der Waals surface area contributed by atoms with Gasteiger partial charge in [-0.3, -0.25) is 0 Å². The quantitative estimate of drug-likeness (QED) is 0.589. The van der Waals surface area contributed by atoms with E-state index in [-0.39, 0.29) is 11.0 Å². The molecule has 0 radical (unpaired) electrons. The molecular weight excluding hydrogens is 170 g/mol. The molecule has 0 aliphatic heterocycles. The lowest BCUT2D eigenvalue weighted by Gasteiger charge is -2.54. The van der Waals surface area contributed by atoms with Gasteiger partial charge in [0, 0.05) is 5.54 Å². The molecule has 1 heteroatoms. The summed E-state index contributed by atoms with van der Waals surface area (Å²) in [6.45, 7) is 15.8. The third-order valence-corrected chi connectivity index (χ3v) is 5.29. The van der Waals surface area contributed by atoms with Crippen molar-refractivity contribution < 1.29 is 0 Å². The van der Waals surface area contributed by atoms with Gasteiger partial charge in [0.25, 0.3) is 0 Å². The number of hydrogen-bond acceptors (Lipinski definition) is 1. The maximum Gasteiger partial charge on any atom is 0.0246 e. The minimum absolute atomic E-state index is 0.101. The molecule has 0 aromatic carbocycles. The van der Waals surface area contributed by atoms with E-state index in [0.717, 1.165) is 0 Å². The number of rotatable bonds is 0. The molecule has 0 fully saturated rings. The van der Waals surface area contributed by atoms with Crippen LogP contribution >= 0.6 is 0 Å². The van der Waals surface area contributed by atoms with Crippen molar-refractivity contribution in [2.75, 3.05) is 0 Å². The van der Waals surface area contributed by atoms with Crippen LogP contribution in [0.5, 0.6) is 0 Å². The SMILES string of the molecule is CC1=C(C)C(C)C(C)(N)C(C)(C)C1C. The highest BCUT2D eigenvalue weighted by atomic mass is 14.8. The van der Waals surface area contributed by atoms with Crippen molar-refractivity contribution in [1.29, 1.82) is 0 Å². The normalized spacial score (nSPS) is 42.9. The maximum absolute atomic E-state index is 6.51. The lowest BCUT2D eigenvalue weighted by molar-refractivity contribution is 0.0728.